The molecule has 1 N–H and O–H groups in total. The van der Waals surface area contributed by atoms with Crippen LogP contribution in [0.2, 0.25) is 0 Å². The number of benzene rings is 1. The lowest BCUT2D eigenvalue weighted by molar-refractivity contribution is 0.167. The summed E-state index contributed by atoms with van der Waals surface area (Å²) in [7, 11) is 3.94. The summed E-state index contributed by atoms with van der Waals surface area (Å²) < 4.78 is 5.65. The average Bonchev–Trinajstić information content (AvgIpc) is 2.25. The van der Waals surface area contributed by atoms with E-state index >= 15 is 0 Å². The van der Waals surface area contributed by atoms with Crippen molar-refractivity contribution in [2.24, 2.45) is 0 Å². The molecule has 3 nitrogen and oxygen atoms in total. The van der Waals surface area contributed by atoms with E-state index < -0.39 is 5.69 Å². The van der Waals surface area contributed by atoms with E-state index in [1.807, 2.05) is 25.9 Å². The Morgan fingerprint density at radius 2 is 2.00 bits per heavy atom. The van der Waals surface area contributed by atoms with Gasteiger partial charge in [0.1, 0.15) is 6.10 Å². The molecule has 0 heterocycles. The van der Waals surface area contributed by atoms with Crippen molar-refractivity contribution in [1.29, 1.82) is 0 Å². The third-order valence-electron chi connectivity index (χ3n) is 3.11. The zero-order chi connectivity index (χ0) is 15.5. The van der Waals surface area contributed by atoms with Gasteiger partial charge >= 0.3 is 0 Å². The van der Waals surface area contributed by atoms with Crippen molar-refractivity contribution in [3.63, 3.8) is 0 Å². The zero-order valence-electron chi connectivity index (χ0n) is 12.7. The van der Waals surface area contributed by atoms with Crippen molar-refractivity contribution in [3.05, 3.63) is 34.9 Å². The topological polar surface area (TPSA) is 32.7 Å². The van der Waals surface area contributed by atoms with E-state index in [1.165, 1.54) is 5.56 Å². The highest BCUT2D eigenvalue weighted by atomic mass is 32.9. The van der Waals surface area contributed by atoms with E-state index in [0.717, 1.165) is 11.1 Å². The second-order valence-electron chi connectivity index (χ2n) is 5.62. The van der Waals surface area contributed by atoms with E-state index in [1.54, 1.807) is 0 Å². The van der Waals surface area contributed by atoms with Gasteiger partial charge in [-0.1, -0.05) is 44.3 Å². The minimum Gasteiger partial charge on any atom is -0.338 e. The fourth-order valence-corrected chi connectivity index (χ4v) is 3.22. The summed E-state index contributed by atoms with van der Waals surface area (Å²) in [5, 5.41) is 0. The van der Waals surface area contributed by atoms with Gasteiger partial charge in [0, 0.05) is 6.54 Å². The molecule has 2 unspecified atom stereocenters. The molecule has 6 heteroatoms. The molecule has 0 radical (unpaired) electrons. The molecule has 0 spiro atoms. The van der Waals surface area contributed by atoms with Crippen LogP contribution in [0.25, 0.3) is 0 Å². The maximum absolute atomic E-state index is 9.78. The lowest BCUT2D eigenvalue weighted by Gasteiger charge is -2.26. The van der Waals surface area contributed by atoms with E-state index in [-0.39, 0.29) is 6.10 Å². The third-order valence-corrected chi connectivity index (χ3v) is 4.18. The van der Waals surface area contributed by atoms with Crippen LogP contribution in [-0.2, 0) is 16.3 Å². The number of aryl methyl sites for hydroxylation is 1. The summed E-state index contributed by atoms with van der Waals surface area (Å²) in [6.07, 6.45) is -0.267. The largest absolute Gasteiger partial charge is 0.338 e. The first-order chi connectivity index (χ1) is 9.10. The second kappa shape index (κ2) is 7.39. The van der Waals surface area contributed by atoms with Gasteiger partial charge in [-0.05, 0) is 55.4 Å². The molecule has 0 aromatic heterocycles. The highest BCUT2D eigenvalue weighted by Crippen LogP contribution is 2.51. The van der Waals surface area contributed by atoms with Crippen molar-refractivity contribution in [2.75, 3.05) is 20.6 Å². The Morgan fingerprint density at radius 3 is 2.45 bits per heavy atom. The first-order valence-corrected chi connectivity index (χ1v) is 10.4. The summed E-state index contributed by atoms with van der Waals surface area (Å²) >= 11 is 8.94. The van der Waals surface area contributed by atoms with Gasteiger partial charge in [0.2, 0.25) is 5.69 Å². The van der Waals surface area contributed by atoms with Crippen LogP contribution in [-0.4, -0.2) is 30.4 Å². The third kappa shape index (κ3) is 5.84. The molecular formula is C14H24NO2PS2. The van der Waals surface area contributed by atoms with Gasteiger partial charge in [-0.3, -0.25) is 0 Å². The molecule has 0 aliphatic rings. The van der Waals surface area contributed by atoms with Crippen molar-refractivity contribution in [1.82, 2.24) is 4.90 Å². The lowest BCUT2D eigenvalue weighted by Crippen LogP contribution is -2.22. The van der Waals surface area contributed by atoms with Crippen molar-refractivity contribution in [2.45, 2.75) is 32.8 Å². The summed E-state index contributed by atoms with van der Waals surface area (Å²) in [5.41, 5.74) is 0.461. The van der Waals surface area contributed by atoms with Gasteiger partial charge in [0.15, 0.2) is 0 Å². The van der Waals surface area contributed by atoms with Crippen LogP contribution in [0.4, 0.5) is 0 Å². The number of likely N-dealkylation sites (N-methyl/N-ethyl adjacent to an activating group) is 1. The molecule has 0 aliphatic heterocycles. The molecule has 1 aromatic carbocycles. The van der Waals surface area contributed by atoms with E-state index in [2.05, 4.69) is 44.3 Å². The molecule has 0 bridgehead atoms. The maximum Gasteiger partial charge on any atom is 0.242 e. The lowest BCUT2D eigenvalue weighted by atomic mass is 9.95. The fraction of sp³-hybridized carbons (Fsp3) is 0.571. The number of hydrogen-bond acceptors (Lipinski definition) is 3. The Bertz CT molecular complexity index is 500. The van der Waals surface area contributed by atoms with Crippen molar-refractivity contribution in [3.8, 4) is 0 Å². The number of nitrogens with zero attached hydrogens (tertiary/aromatic N) is 1. The monoisotopic (exact) mass is 333 g/mol. The summed E-state index contributed by atoms with van der Waals surface area (Å²) in [6, 6.07) is 6.37. The van der Waals surface area contributed by atoms with Gasteiger partial charge in [-0.25, -0.2) is 0 Å². The number of thiol groups is 1. The van der Waals surface area contributed by atoms with Crippen LogP contribution in [0, 0.1) is 6.92 Å². The van der Waals surface area contributed by atoms with Crippen LogP contribution in [0.15, 0.2) is 18.2 Å². The summed E-state index contributed by atoms with van der Waals surface area (Å²) in [4.78, 5) is 11.8. The molecule has 0 saturated heterocycles. The molecule has 0 amide bonds. The maximum atomic E-state index is 9.78. The quantitative estimate of drug-likeness (QED) is 0.611. The van der Waals surface area contributed by atoms with Gasteiger partial charge < -0.3 is 14.3 Å². The molecule has 0 fully saturated rings. The molecule has 1 rings (SSSR count). The minimum absolute atomic E-state index is 0.267. The summed E-state index contributed by atoms with van der Waals surface area (Å²) in [6.45, 7) is 7.02. The molecule has 114 valence electrons. The Kier molecular flexibility index (Phi) is 6.71. The van der Waals surface area contributed by atoms with Crippen LogP contribution in [0.1, 0.15) is 42.6 Å². The first kappa shape index (κ1) is 18.1. The first-order valence-electron chi connectivity index (χ1n) is 6.59. The summed E-state index contributed by atoms with van der Waals surface area (Å²) in [5.74, 6) is 0.447. The van der Waals surface area contributed by atoms with Crippen molar-refractivity contribution >= 4 is 29.7 Å². The molecule has 2 atom stereocenters. The fourth-order valence-electron chi connectivity index (χ4n) is 2.05. The SMILES string of the molecule is Cc1ccc(C(C)C)cc1C(CN(C)C)OP(O)(=S)S. The highest BCUT2D eigenvalue weighted by molar-refractivity contribution is 8.59. The highest BCUT2D eigenvalue weighted by Gasteiger charge is 2.22. The van der Waals surface area contributed by atoms with Gasteiger partial charge in [0.05, 0.1) is 0 Å². The molecule has 0 aliphatic carbocycles. The molecule has 1 aromatic rings. The minimum atomic E-state index is -3.00. The van der Waals surface area contributed by atoms with Crippen LogP contribution >= 0.6 is 17.9 Å². The normalized spacial score (nSPS) is 16.4. The van der Waals surface area contributed by atoms with E-state index in [0.29, 0.717) is 12.5 Å². The van der Waals surface area contributed by atoms with Gasteiger partial charge in [-0.2, -0.15) is 0 Å². The average molecular weight is 333 g/mol. The zero-order valence-corrected chi connectivity index (χ0v) is 15.3. The number of rotatable bonds is 6. The van der Waals surface area contributed by atoms with Crippen LogP contribution in [0.5, 0.6) is 0 Å². The standard InChI is InChI=1S/C14H24NO2PS2/c1-10(2)12-7-6-11(3)13(8-12)14(9-15(4)5)17-18(16,19)20/h6-8,10,14H,9H2,1-5H3,(H2,16,19,20). The Hall–Kier alpha value is 0.1000. The second-order valence-corrected chi connectivity index (χ2v) is 10.7. The predicted molar refractivity (Wildman–Crippen MR) is 93.1 cm³/mol. The Balaban J connectivity index is 3.18. The Labute approximate surface area is 132 Å². The van der Waals surface area contributed by atoms with Crippen LogP contribution < -0.4 is 0 Å². The smallest absolute Gasteiger partial charge is 0.242 e. The van der Waals surface area contributed by atoms with Crippen LogP contribution in [0.3, 0.4) is 0 Å². The van der Waals surface area contributed by atoms with Gasteiger partial charge in [-0.15, -0.1) is 0 Å². The Morgan fingerprint density at radius 1 is 1.40 bits per heavy atom. The molecule has 20 heavy (non-hydrogen) atoms. The van der Waals surface area contributed by atoms with Crippen molar-refractivity contribution < 1.29 is 9.42 Å². The van der Waals surface area contributed by atoms with E-state index in [9.17, 15) is 4.89 Å². The van der Waals surface area contributed by atoms with E-state index in [4.69, 9.17) is 16.3 Å². The number of hydrogen-bond donors (Lipinski definition) is 2. The molecule has 0 saturated carbocycles. The van der Waals surface area contributed by atoms with Gasteiger partial charge in [0.25, 0.3) is 0 Å². The molecular weight excluding hydrogens is 309 g/mol. The predicted octanol–water partition coefficient (Wildman–Crippen LogP) is 3.88.